The number of primary amides is 1. The first kappa shape index (κ1) is 19.1. The molecule has 10 heteroatoms. The minimum atomic E-state index is -4.83. The van der Waals surface area contributed by atoms with Crippen LogP contribution in [0.25, 0.3) is 10.9 Å². The first-order valence-electron chi connectivity index (χ1n) is 7.84. The predicted molar refractivity (Wildman–Crippen MR) is 94.5 cm³/mol. The van der Waals surface area contributed by atoms with Crippen LogP contribution in [0.1, 0.15) is 15.9 Å². The Balaban J connectivity index is 2.19. The van der Waals surface area contributed by atoms with E-state index in [1.807, 2.05) is 0 Å². The van der Waals surface area contributed by atoms with Crippen molar-refractivity contribution in [3.63, 3.8) is 0 Å². The van der Waals surface area contributed by atoms with Gasteiger partial charge >= 0.3 is 12.2 Å². The van der Waals surface area contributed by atoms with Crippen molar-refractivity contribution in [3.8, 4) is 11.6 Å². The van der Waals surface area contributed by atoms with Crippen LogP contribution in [0.3, 0.4) is 0 Å². The number of hydrogen-bond donors (Lipinski definition) is 3. The van der Waals surface area contributed by atoms with Crippen molar-refractivity contribution in [2.24, 2.45) is 5.73 Å². The van der Waals surface area contributed by atoms with Crippen molar-refractivity contribution in [2.45, 2.75) is 6.18 Å². The Hall–Kier alpha value is -3.69. The van der Waals surface area contributed by atoms with Crippen LogP contribution < -0.4 is 15.8 Å². The fraction of sp³-hybridized carbons (Fsp3) is 0.111. The summed E-state index contributed by atoms with van der Waals surface area (Å²) in [6.07, 6.45) is -4.83. The summed E-state index contributed by atoms with van der Waals surface area (Å²) in [5, 5.41) is 12.1. The zero-order valence-corrected chi connectivity index (χ0v) is 14.4. The third kappa shape index (κ3) is 3.20. The maximum atomic E-state index is 13.5. The van der Waals surface area contributed by atoms with Gasteiger partial charge in [0.25, 0.3) is 5.91 Å². The van der Waals surface area contributed by atoms with Gasteiger partial charge in [0.1, 0.15) is 11.3 Å². The number of hydrogen-bond acceptors (Lipinski definition) is 4. The Kier molecular flexibility index (Phi) is 4.63. The summed E-state index contributed by atoms with van der Waals surface area (Å²) in [4.78, 5) is 24.3. The monoisotopic (exact) mass is 393 g/mol. The summed E-state index contributed by atoms with van der Waals surface area (Å²) in [5.74, 6) is -1.51. The summed E-state index contributed by atoms with van der Waals surface area (Å²) >= 11 is 0. The van der Waals surface area contributed by atoms with Crippen LogP contribution in [0.15, 0.2) is 42.5 Å². The molecule has 3 aromatic rings. The minimum absolute atomic E-state index is 0.245. The minimum Gasteiger partial charge on any atom is -0.497 e. The molecule has 28 heavy (non-hydrogen) atoms. The zero-order chi connectivity index (χ0) is 20.6. The van der Waals surface area contributed by atoms with Crippen LogP contribution in [0, 0.1) is 0 Å². The number of anilines is 1. The van der Waals surface area contributed by atoms with Crippen molar-refractivity contribution >= 4 is 28.5 Å². The van der Waals surface area contributed by atoms with Gasteiger partial charge in [0.2, 0.25) is 5.88 Å². The van der Waals surface area contributed by atoms with E-state index in [2.05, 4.69) is 5.32 Å². The number of fused-ring (bicyclic) bond motifs is 1. The number of carbonyl (C=O) groups is 2. The first-order chi connectivity index (χ1) is 13.1. The van der Waals surface area contributed by atoms with E-state index in [4.69, 9.17) is 10.5 Å². The molecule has 4 N–H and O–H groups in total. The van der Waals surface area contributed by atoms with Gasteiger partial charge in [-0.3, -0.25) is 4.79 Å². The highest BCUT2D eigenvalue weighted by Gasteiger charge is 2.37. The molecule has 3 rings (SSSR count). The van der Waals surface area contributed by atoms with Crippen LogP contribution in [-0.4, -0.2) is 28.7 Å². The summed E-state index contributed by atoms with van der Waals surface area (Å²) < 4.78 is 45.8. The standard InChI is InChI=1S/C18H14F3N3O4/c1-28-10-7-5-9(6-8-10)23-15(25)14-13-11(18(19,20)21)3-2-4-12(13)24(16(14)26)17(22)27/h2-8,26H,1H3,(H2,22,27)(H,23,25). The summed E-state index contributed by atoms with van der Waals surface area (Å²) in [5.41, 5.74) is 3.20. The molecule has 0 aliphatic heterocycles. The molecule has 1 aromatic heterocycles. The number of alkyl halides is 3. The Bertz CT molecular complexity index is 1070. The molecular formula is C18H14F3N3O4. The quantitative estimate of drug-likeness (QED) is 0.633. The van der Waals surface area contributed by atoms with Gasteiger partial charge < -0.3 is 20.9 Å². The third-order valence-corrected chi connectivity index (χ3v) is 4.07. The second kappa shape index (κ2) is 6.80. The van der Waals surface area contributed by atoms with Gasteiger partial charge in [0.15, 0.2) is 0 Å². The predicted octanol–water partition coefficient (Wildman–Crippen LogP) is 3.55. The van der Waals surface area contributed by atoms with Crippen molar-refractivity contribution in [3.05, 3.63) is 53.6 Å². The first-order valence-corrected chi connectivity index (χ1v) is 7.84. The summed E-state index contributed by atoms with van der Waals surface area (Å²) in [6, 6.07) is 7.71. The van der Waals surface area contributed by atoms with E-state index in [0.717, 1.165) is 18.2 Å². The van der Waals surface area contributed by atoms with E-state index in [1.165, 1.54) is 31.4 Å². The van der Waals surface area contributed by atoms with E-state index in [1.54, 1.807) is 0 Å². The third-order valence-electron chi connectivity index (χ3n) is 4.07. The molecule has 0 aliphatic rings. The number of carbonyl (C=O) groups excluding carboxylic acids is 2. The largest absolute Gasteiger partial charge is 0.497 e. The average Bonchev–Trinajstić information content (AvgIpc) is 2.93. The van der Waals surface area contributed by atoms with Crippen molar-refractivity contribution in [2.75, 3.05) is 12.4 Å². The van der Waals surface area contributed by atoms with E-state index in [0.29, 0.717) is 10.3 Å². The Labute approximate surface area is 156 Å². The van der Waals surface area contributed by atoms with Crippen molar-refractivity contribution < 1.29 is 32.6 Å². The SMILES string of the molecule is COc1ccc(NC(=O)c2c(O)n(C(N)=O)c3cccc(C(F)(F)F)c23)cc1. The van der Waals surface area contributed by atoms with E-state index in [9.17, 15) is 27.9 Å². The number of rotatable bonds is 3. The van der Waals surface area contributed by atoms with Crippen LogP contribution in [0.4, 0.5) is 23.7 Å². The average molecular weight is 393 g/mol. The van der Waals surface area contributed by atoms with Crippen molar-refractivity contribution in [1.82, 2.24) is 4.57 Å². The van der Waals surface area contributed by atoms with E-state index in [-0.39, 0.29) is 11.2 Å². The Morgan fingerprint density at radius 3 is 2.32 bits per heavy atom. The molecule has 0 atom stereocenters. The van der Waals surface area contributed by atoms with E-state index < -0.39 is 40.5 Å². The highest BCUT2D eigenvalue weighted by atomic mass is 19.4. The molecule has 0 unspecified atom stereocenters. The number of aromatic nitrogens is 1. The molecule has 2 aromatic carbocycles. The van der Waals surface area contributed by atoms with Crippen LogP contribution >= 0.6 is 0 Å². The van der Waals surface area contributed by atoms with Gasteiger partial charge in [-0.2, -0.15) is 13.2 Å². The number of nitrogens with two attached hydrogens (primary N) is 1. The molecule has 0 fully saturated rings. The fourth-order valence-corrected chi connectivity index (χ4v) is 2.87. The highest BCUT2D eigenvalue weighted by molar-refractivity contribution is 6.17. The maximum Gasteiger partial charge on any atom is 0.417 e. The van der Waals surface area contributed by atoms with Gasteiger partial charge in [-0.25, -0.2) is 9.36 Å². The molecule has 1 heterocycles. The Morgan fingerprint density at radius 1 is 1.14 bits per heavy atom. The molecule has 0 saturated heterocycles. The normalized spacial score (nSPS) is 11.4. The number of nitrogens with zero attached hydrogens (tertiary/aromatic N) is 1. The molecule has 0 spiro atoms. The topological polar surface area (TPSA) is 107 Å². The lowest BCUT2D eigenvalue weighted by Gasteiger charge is -2.10. The number of benzene rings is 2. The molecule has 0 aliphatic carbocycles. The molecule has 7 nitrogen and oxygen atoms in total. The van der Waals surface area contributed by atoms with Gasteiger partial charge in [0, 0.05) is 11.1 Å². The van der Waals surface area contributed by atoms with Crippen LogP contribution in [0.5, 0.6) is 11.6 Å². The molecule has 0 radical (unpaired) electrons. The number of ether oxygens (including phenoxy) is 1. The van der Waals surface area contributed by atoms with Crippen molar-refractivity contribution in [1.29, 1.82) is 0 Å². The second-order valence-electron chi connectivity index (χ2n) is 5.75. The van der Waals surface area contributed by atoms with Gasteiger partial charge in [-0.05, 0) is 36.4 Å². The number of methoxy groups -OCH3 is 1. The molecular weight excluding hydrogens is 379 g/mol. The van der Waals surface area contributed by atoms with Gasteiger partial charge in [-0.1, -0.05) is 6.07 Å². The van der Waals surface area contributed by atoms with Gasteiger partial charge in [0.05, 0.1) is 18.2 Å². The maximum absolute atomic E-state index is 13.5. The lowest BCUT2D eigenvalue weighted by atomic mass is 10.0. The number of amides is 2. The second-order valence-corrected chi connectivity index (χ2v) is 5.75. The lowest BCUT2D eigenvalue weighted by molar-refractivity contribution is -0.136. The summed E-state index contributed by atoms with van der Waals surface area (Å²) in [7, 11) is 1.45. The van der Waals surface area contributed by atoms with Crippen LogP contribution in [-0.2, 0) is 6.18 Å². The molecule has 0 saturated carbocycles. The molecule has 0 bridgehead atoms. The zero-order valence-electron chi connectivity index (χ0n) is 14.4. The highest BCUT2D eigenvalue weighted by Crippen LogP contribution is 2.41. The molecule has 146 valence electrons. The summed E-state index contributed by atoms with van der Waals surface area (Å²) in [6.45, 7) is 0. The lowest BCUT2D eigenvalue weighted by Crippen LogP contribution is -2.19. The molecule has 2 amide bonds. The smallest absolute Gasteiger partial charge is 0.417 e. The van der Waals surface area contributed by atoms with E-state index >= 15 is 0 Å². The fourth-order valence-electron chi connectivity index (χ4n) is 2.87. The Morgan fingerprint density at radius 2 is 1.79 bits per heavy atom. The van der Waals surface area contributed by atoms with Gasteiger partial charge in [-0.15, -0.1) is 0 Å². The number of halogens is 3. The van der Waals surface area contributed by atoms with Crippen LogP contribution in [0.2, 0.25) is 0 Å². The number of nitrogens with one attached hydrogen (secondary N) is 1. The number of aromatic hydroxyl groups is 1.